The van der Waals surface area contributed by atoms with Gasteiger partial charge in [-0.1, -0.05) is 12.8 Å². The monoisotopic (exact) mass is 321 g/mol. The lowest BCUT2D eigenvalue weighted by Crippen LogP contribution is -2.38. The van der Waals surface area contributed by atoms with Crippen molar-refractivity contribution in [1.29, 1.82) is 5.26 Å². The molecule has 1 saturated heterocycles. The number of hydrogen-bond donors (Lipinski definition) is 1. The number of fused-ring (bicyclic) bond motifs is 1. The highest BCUT2D eigenvalue weighted by atomic mass is 16.5. The van der Waals surface area contributed by atoms with Gasteiger partial charge in [-0.05, 0) is 12.8 Å². The van der Waals surface area contributed by atoms with Gasteiger partial charge in [0, 0.05) is 6.54 Å². The summed E-state index contributed by atoms with van der Waals surface area (Å²) >= 11 is 0. The van der Waals surface area contributed by atoms with Crippen LogP contribution in [-0.4, -0.2) is 48.3 Å². The summed E-state index contributed by atoms with van der Waals surface area (Å²) in [6.45, 7) is -0.761. The lowest BCUT2D eigenvalue weighted by Gasteiger charge is -2.19. The number of ether oxygens (including phenoxy) is 1. The summed E-state index contributed by atoms with van der Waals surface area (Å²) < 4.78 is 4.77. The van der Waals surface area contributed by atoms with E-state index in [-0.39, 0.29) is 36.6 Å². The van der Waals surface area contributed by atoms with E-state index in [0.29, 0.717) is 12.8 Å². The fourth-order valence-electron chi connectivity index (χ4n) is 3.02. The van der Waals surface area contributed by atoms with Crippen LogP contribution in [0.5, 0.6) is 0 Å². The van der Waals surface area contributed by atoms with Crippen molar-refractivity contribution in [2.75, 3.05) is 19.7 Å². The molecule has 8 nitrogen and oxygen atoms in total. The highest BCUT2D eigenvalue weighted by molar-refractivity contribution is 6.07. The molecule has 0 spiro atoms. The summed E-state index contributed by atoms with van der Waals surface area (Å²) in [4.78, 5) is 48.4. The minimum atomic E-state index is -0.791. The summed E-state index contributed by atoms with van der Waals surface area (Å²) in [5, 5.41) is 10.7. The second-order valence-corrected chi connectivity index (χ2v) is 5.68. The first kappa shape index (κ1) is 16.9. The Labute approximate surface area is 133 Å². The molecular formula is C15H19N3O5. The molecule has 8 heteroatoms. The Morgan fingerprint density at radius 2 is 1.83 bits per heavy atom. The second kappa shape index (κ2) is 7.72. The largest absolute Gasteiger partial charge is 0.454 e. The number of nitrogens with zero attached hydrogens (tertiary/aromatic N) is 2. The predicted molar refractivity (Wildman–Crippen MR) is 76.4 cm³/mol. The maximum atomic E-state index is 12.2. The maximum absolute atomic E-state index is 12.2. The number of hydrogen-bond acceptors (Lipinski definition) is 6. The van der Waals surface area contributed by atoms with Gasteiger partial charge < -0.3 is 10.1 Å². The second-order valence-electron chi connectivity index (χ2n) is 5.68. The SMILES string of the molecule is N#CCCNC(=O)COC(=O)CN1C(=O)[C@H]2CCCC[C@@H]2C1=O. The maximum Gasteiger partial charge on any atom is 0.326 e. The molecule has 0 unspecified atom stereocenters. The highest BCUT2D eigenvalue weighted by Crippen LogP contribution is 2.37. The molecule has 23 heavy (non-hydrogen) atoms. The summed E-state index contributed by atoms with van der Waals surface area (Å²) in [6, 6.07) is 1.87. The van der Waals surface area contributed by atoms with Gasteiger partial charge in [0.25, 0.3) is 5.91 Å². The van der Waals surface area contributed by atoms with E-state index in [9.17, 15) is 19.2 Å². The zero-order chi connectivity index (χ0) is 16.8. The van der Waals surface area contributed by atoms with E-state index in [4.69, 9.17) is 10.00 Å². The zero-order valence-electron chi connectivity index (χ0n) is 12.7. The third-order valence-corrected chi connectivity index (χ3v) is 4.14. The average Bonchev–Trinajstić information content (AvgIpc) is 2.79. The van der Waals surface area contributed by atoms with Gasteiger partial charge in [-0.15, -0.1) is 0 Å². The van der Waals surface area contributed by atoms with Crippen molar-refractivity contribution in [2.45, 2.75) is 32.1 Å². The molecule has 0 bridgehead atoms. The normalized spacial score (nSPS) is 23.2. The Balaban J connectivity index is 1.79. The van der Waals surface area contributed by atoms with Crippen molar-refractivity contribution in [1.82, 2.24) is 10.2 Å². The van der Waals surface area contributed by atoms with Gasteiger partial charge in [0.05, 0.1) is 24.3 Å². The van der Waals surface area contributed by atoms with E-state index in [1.165, 1.54) is 0 Å². The Kier molecular flexibility index (Phi) is 5.68. The molecule has 1 aliphatic heterocycles. The number of imide groups is 1. The van der Waals surface area contributed by atoms with Crippen LogP contribution in [-0.2, 0) is 23.9 Å². The third kappa shape index (κ3) is 4.06. The minimum absolute atomic E-state index is 0.166. The first-order valence-electron chi connectivity index (χ1n) is 7.69. The quantitative estimate of drug-likeness (QED) is 0.409. The molecule has 1 aliphatic carbocycles. The molecule has 2 fully saturated rings. The zero-order valence-corrected chi connectivity index (χ0v) is 12.7. The molecule has 0 aromatic heterocycles. The first-order chi connectivity index (χ1) is 11.0. The number of nitrogens with one attached hydrogen (secondary N) is 1. The Hall–Kier alpha value is -2.43. The number of rotatable bonds is 6. The Bertz CT molecular complexity index is 530. The van der Waals surface area contributed by atoms with Gasteiger partial charge in [-0.3, -0.25) is 24.1 Å². The smallest absolute Gasteiger partial charge is 0.326 e. The molecular weight excluding hydrogens is 302 g/mol. The van der Waals surface area contributed by atoms with Crippen LogP contribution < -0.4 is 5.32 Å². The van der Waals surface area contributed by atoms with Crippen LogP contribution in [0, 0.1) is 23.2 Å². The molecule has 3 amide bonds. The van der Waals surface area contributed by atoms with Crippen LogP contribution in [0.1, 0.15) is 32.1 Å². The fraction of sp³-hybridized carbons (Fsp3) is 0.667. The van der Waals surface area contributed by atoms with Gasteiger partial charge in [-0.2, -0.15) is 5.26 Å². The molecule has 0 radical (unpaired) electrons. The highest BCUT2D eigenvalue weighted by Gasteiger charge is 2.48. The molecule has 2 rings (SSSR count). The lowest BCUT2D eigenvalue weighted by atomic mass is 9.81. The van der Waals surface area contributed by atoms with Crippen LogP contribution in [0.15, 0.2) is 0 Å². The van der Waals surface area contributed by atoms with Crippen LogP contribution >= 0.6 is 0 Å². The Morgan fingerprint density at radius 1 is 1.22 bits per heavy atom. The molecule has 124 valence electrons. The van der Waals surface area contributed by atoms with E-state index in [1.54, 1.807) is 0 Å². The van der Waals surface area contributed by atoms with E-state index in [1.807, 2.05) is 6.07 Å². The minimum Gasteiger partial charge on any atom is -0.454 e. The van der Waals surface area contributed by atoms with Gasteiger partial charge in [0.2, 0.25) is 11.8 Å². The van der Waals surface area contributed by atoms with Crippen molar-refractivity contribution < 1.29 is 23.9 Å². The number of amides is 3. The molecule has 2 atom stereocenters. The third-order valence-electron chi connectivity index (χ3n) is 4.14. The summed E-state index contributed by atoms with van der Waals surface area (Å²) in [5.41, 5.74) is 0. The van der Waals surface area contributed by atoms with Crippen molar-refractivity contribution in [3.8, 4) is 6.07 Å². The molecule has 0 aromatic rings. The number of nitriles is 1. The molecule has 2 aliphatic rings. The van der Waals surface area contributed by atoms with E-state index in [2.05, 4.69) is 5.32 Å². The van der Waals surface area contributed by atoms with Crippen molar-refractivity contribution in [3.05, 3.63) is 0 Å². The standard InChI is InChI=1S/C15H19N3O5/c16-6-3-7-17-12(19)9-23-13(20)8-18-14(21)10-4-1-2-5-11(10)15(18)22/h10-11H,1-5,7-9H2,(H,17,19)/t10-,11-/m0/s1. The molecule has 1 heterocycles. The van der Waals surface area contributed by atoms with Crippen LogP contribution in [0.3, 0.4) is 0 Å². The van der Waals surface area contributed by atoms with Gasteiger partial charge in [-0.25, -0.2) is 0 Å². The van der Waals surface area contributed by atoms with Crippen LogP contribution in [0.2, 0.25) is 0 Å². The lowest BCUT2D eigenvalue weighted by molar-refractivity contribution is -0.154. The number of likely N-dealkylation sites (tertiary alicyclic amines) is 1. The van der Waals surface area contributed by atoms with Crippen LogP contribution in [0.4, 0.5) is 0 Å². The van der Waals surface area contributed by atoms with Crippen molar-refractivity contribution in [2.24, 2.45) is 11.8 Å². The molecule has 1 N–H and O–H groups in total. The van der Waals surface area contributed by atoms with Crippen molar-refractivity contribution in [3.63, 3.8) is 0 Å². The van der Waals surface area contributed by atoms with E-state index in [0.717, 1.165) is 17.7 Å². The number of carbonyl (C=O) groups is 4. The number of carbonyl (C=O) groups excluding carboxylic acids is 4. The first-order valence-corrected chi connectivity index (χ1v) is 7.69. The van der Waals surface area contributed by atoms with Gasteiger partial charge >= 0.3 is 5.97 Å². The Morgan fingerprint density at radius 3 is 2.39 bits per heavy atom. The average molecular weight is 321 g/mol. The molecule has 1 saturated carbocycles. The van der Waals surface area contributed by atoms with Gasteiger partial charge in [0.15, 0.2) is 6.61 Å². The summed E-state index contributed by atoms with van der Waals surface area (Å²) in [6.07, 6.45) is 3.37. The topological polar surface area (TPSA) is 117 Å². The van der Waals surface area contributed by atoms with Gasteiger partial charge in [0.1, 0.15) is 6.54 Å². The number of esters is 1. The summed E-state index contributed by atoms with van der Waals surface area (Å²) in [5.74, 6) is -2.55. The summed E-state index contributed by atoms with van der Waals surface area (Å²) in [7, 11) is 0. The van der Waals surface area contributed by atoms with E-state index >= 15 is 0 Å². The van der Waals surface area contributed by atoms with E-state index < -0.39 is 25.0 Å². The van der Waals surface area contributed by atoms with Crippen molar-refractivity contribution >= 4 is 23.7 Å². The fourth-order valence-corrected chi connectivity index (χ4v) is 3.02. The molecule has 0 aromatic carbocycles. The predicted octanol–water partition coefficient (Wildman–Crippen LogP) is -0.265. The van der Waals surface area contributed by atoms with Crippen LogP contribution in [0.25, 0.3) is 0 Å².